The molecule has 3 heteroatoms. The molecular formula is C18H17N3. The van der Waals surface area contributed by atoms with E-state index in [2.05, 4.69) is 71.4 Å². The van der Waals surface area contributed by atoms with Crippen LogP contribution in [-0.4, -0.2) is 30.3 Å². The lowest BCUT2D eigenvalue weighted by atomic mass is 10.1. The Morgan fingerprint density at radius 1 is 0.905 bits per heavy atom. The standard InChI is InChI=1S/C18H17N3/c1-20-12-21(13-20)18-16-10-6-5-9-15(16)11-17(19-18)14-7-3-2-4-8-14/h2-11H,12-13H2,1H3. The first-order chi connectivity index (χ1) is 10.3. The first kappa shape index (κ1) is 12.4. The van der Waals surface area contributed by atoms with Gasteiger partial charge in [-0.05, 0) is 18.5 Å². The van der Waals surface area contributed by atoms with Crippen LogP contribution in [0.1, 0.15) is 0 Å². The Morgan fingerprint density at radius 3 is 2.38 bits per heavy atom. The van der Waals surface area contributed by atoms with E-state index >= 15 is 0 Å². The molecule has 0 atom stereocenters. The number of anilines is 1. The summed E-state index contributed by atoms with van der Waals surface area (Å²) in [5.41, 5.74) is 2.21. The number of nitrogens with zero attached hydrogens (tertiary/aromatic N) is 3. The molecule has 0 amide bonds. The number of aromatic nitrogens is 1. The van der Waals surface area contributed by atoms with Gasteiger partial charge in [0, 0.05) is 10.9 Å². The molecular weight excluding hydrogens is 258 g/mol. The summed E-state index contributed by atoms with van der Waals surface area (Å²) in [5.74, 6) is 1.09. The van der Waals surface area contributed by atoms with Crippen molar-refractivity contribution in [2.24, 2.45) is 0 Å². The van der Waals surface area contributed by atoms with Crippen LogP contribution in [0.25, 0.3) is 22.0 Å². The number of pyridine rings is 1. The van der Waals surface area contributed by atoms with Gasteiger partial charge < -0.3 is 4.90 Å². The van der Waals surface area contributed by atoms with E-state index in [0.29, 0.717) is 0 Å². The van der Waals surface area contributed by atoms with Gasteiger partial charge in [0.2, 0.25) is 0 Å². The van der Waals surface area contributed by atoms with Gasteiger partial charge in [0.05, 0.1) is 19.0 Å². The van der Waals surface area contributed by atoms with Gasteiger partial charge in [-0.1, -0.05) is 54.6 Å². The number of hydrogen-bond acceptors (Lipinski definition) is 3. The molecule has 1 aromatic heterocycles. The molecule has 1 fully saturated rings. The van der Waals surface area contributed by atoms with E-state index in [-0.39, 0.29) is 0 Å². The molecule has 0 radical (unpaired) electrons. The first-order valence-electron chi connectivity index (χ1n) is 7.20. The molecule has 0 bridgehead atoms. The summed E-state index contributed by atoms with van der Waals surface area (Å²) in [6.07, 6.45) is 0. The molecule has 2 aromatic carbocycles. The maximum atomic E-state index is 4.93. The highest BCUT2D eigenvalue weighted by Gasteiger charge is 2.23. The molecule has 0 unspecified atom stereocenters. The molecule has 0 N–H and O–H groups in total. The number of fused-ring (bicyclic) bond motifs is 1. The van der Waals surface area contributed by atoms with Crippen LogP contribution in [0.3, 0.4) is 0 Å². The second-order valence-electron chi connectivity index (χ2n) is 5.60. The topological polar surface area (TPSA) is 19.4 Å². The molecule has 0 aliphatic carbocycles. The SMILES string of the molecule is CN1CN(c2nc(-c3ccccc3)cc3ccccc23)C1. The second-order valence-corrected chi connectivity index (χ2v) is 5.60. The molecule has 0 spiro atoms. The third kappa shape index (κ3) is 2.16. The Labute approximate surface area is 124 Å². The lowest BCUT2D eigenvalue weighted by Gasteiger charge is -2.41. The minimum absolute atomic E-state index is 0.940. The Morgan fingerprint density at radius 2 is 1.62 bits per heavy atom. The third-order valence-electron chi connectivity index (χ3n) is 3.91. The second kappa shape index (κ2) is 4.86. The van der Waals surface area contributed by atoms with Crippen molar-refractivity contribution in [2.75, 3.05) is 25.3 Å². The van der Waals surface area contributed by atoms with E-state index in [1.54, 1.807) is 0 Å². The monoisotopic (exact) mass is 275 g/mol. The molecule has 3 aromatic rings. The molecule has 2 heterocycles. The zero-order valence-electron chi connectivity index (χ0n) is 12.0. The summed E-state index contributed by atoms with van der Waals surface area (Å²) in [4.78, 5) is 9.51. The van der Waals surface area contributed by atoms with Crippen LogP contribution in [-0.2, 0) is 0 Å². The van der Waals surface area contributed by atoms with Crippen molar-refractivity contribution in [3.63, 3.8) is 0 Å². The van der Waals surface area contributed by atoms with E-state index in [9.17, 15) is 0 Å². The summed E-state index contributed by atoms with van der Waals surface area (Å²) >= 11 is 0. The van der Waals surface area contributed by atoms with Crippen molar-refractivity contribution in [1.29, 1.82) is 0 Å². The van der Waals surface area contributed by atoms with Crippen LogP contribution in [0.4, 0.5) is 5.82 Å². The molecule has 104 valence electrons. The zero-order chi connectivity index (χ0) is 14.2. The highest BCUT2D eigenvalue weighted by molar-refractivity contribution is 5.95. The predicted molar refractivity (Wildman–Crippen MR) is 87.2 cm³/mol. The van der Waals surface area contributed by atoms with Crippen LogP contribution >= 0.6 is 0 Å². The van der Waals surface area contributed by atoms with Crippen molar-refractivity contribution in [1.82, 2.24) is 9.88 Å². The van der Waals surface area contributed by atoms with Gasteiger partial charge in [0.25, 0.3) is 0 Å². The highest BCUT2D eigenvalue weighted by Crippen LogP contribution is 2.31. The Bertz CT molecular complexity index is 777. The molecule has 21 heavy (non-hydrogen) atoms. The van der Waals surface area contributed by atoms with Crippen LogP contribution in [0, 0.1) is 0 Å². The Balaban J connectivity index is 1.90. The summed E-state index contributed by atoms with van der Waals surface area (Å²) in [5, 5.41) is 2.47. The van der Waals surface area contributed by atoms with Crippen LogP contribution in [0.2, 0.25) is 0 Å². The minimum atomic E-state index is 0.940. The fraction of sp³-hybridized carbons (Fsp3) is 0.167. The minimum Gasteiger partial charge on any atom is -0.330 e. The van der Waals surface area contributed by atoms with Crippen LogP contribution in [0.5, 0.6) is 0 Å². The maximum absolute atomic E-state index is 4.93. The summed E-state index contributed by atoms with van der Waals surface area (Å²) in [7, 11) is 2.12. The van der Waals surface area contributed by atoms with Gasteiger partial charge in [-0.2, -0.15) is 0 Å². The zero-order valence-corrected chi connectivity index (χ0v) is 12.0. The van der Waals surface area contributed by atoms with Gasteiger partial charge in [-0.15, -0.1) is 0 Å². The average molecular weight is 275 g/mol. The Hall–Kier alpha value is -2.39. The van der Waals surface area contributed by atoms with E-state index in [1.807, 2.05) is 6.07 Å². The average Bonchev–Trinajstić information content (AvgIpc) is 2.52. The fourth-order valence-electron chi connectivity index (χ4n) is 2.85. The molecule has 1 saturated heterocycles. The van der Waals surface area contributed by atoms with Crippen LogP contribution < -0.4 is 4.90 Å². The van der Waals surface area contributed by atoms with Gasteiger partial charge in [-0.25, -0.2) is 4.98 Å². The number of hydrogen-bond donors (Lipinski definition) is 0. The lowest BCUT2D eigenvalue weighted by molar-refractivity contribution is 0.230. The molecule has 4 rings (SSSR count). The van der Waals surface area contributed by atoms with Crippen LogP contribution in [0.15, 0.2) is 60.7 Å². The van der Waals surface area contributed by atoms with E-state index < -0.39 is 0 Å². The molecule has 3 nitrogen and oxygen atoms in total. The molecule has 0 saturated carbocycles. The fourth-order valence-corrected chi connectivity index (χ4v) is 2.85. The van der Waals surface area contributed by atoms with E-state index in [0.717, 1.165) is 24.8 Å². The molecule has 1 aliphatic heterocycles. The normalized spacial score (nSPS) is 15.2. The Kier molecular flexibility index (Phi) is 2.86. The van der Waals surface area contributed by atoms with Crippen molar-refractivity contribution in [2.45, 2.75) is 0 Å². The summed E-state index contributed by atoms with van der Waals surface area (Å²) in [6, 6.07) is 21.1. The van der Waals surface area contributed by atoms with Crippen molar-refractivity contribution in [3.05, 3.63) is 60.7 Å². The van der Waals surface area contributed by atoms with Gasteiger partial charge in [-0.3, -0.25) is 4.90 Å². The predicted octanol–water partition coefficient (Wildman–Crippen LogP) is 3.57. The largest absolute Gasteiger partial charge is 0.330 e. The number of benzene rings is 2. The highest BCUT2D eigenvalue weighted by atomic mass is 15.5. The van der Waals surface area contributed by atoms with Crippen molar-refractivity contribution >= 4 is 16.6 Å². The smallest absolute Gasteiger partial charge is 0.139 e. The first-order valence-corrected chi connectivity index (χ1v) is 7.20. The summed E-state index contributed by atoms with van der Waals surface area (Å²) < 4.78 is 0. The maximum Gasteiger partial charge on any atom is 0.139 e. The van der Waals surface area contributed by atoms with Gasteiger partial charge in [0.15, 0.2) is 0 Å². The molecule has 1 aliphatic rings. The van der Waals surface area contributed by atoms with Gasteiger partial charge in [0.1, 0.15) is 5.82 Å². The summed E-state index contributed by atoms with van der Waals surface area (Å²) in [6.45, 7) is 1.88. The van der Waals surface area contributed by atoms with Gasteiger partial charge >= 0.3 is 0 Å². The van der Waals surface area contributed by atoms with E-state index in [4.69, 9.17) is 4.98 Å². The quantitative estimate of drug-likeness (QED) is 0.712. The third-order valence-corrected chi connectivity index (χ3v) is 3.91. The lowest BCUT2D eigenvalue weighted by Crippen LogP contribution is -2.53. The van der Waals surface area contributed by atoms with Crippen molar-refractivity contribution in [3.8, 4) is 11.3 Å². The van der Waals surface area contributed by atoms with Crippen molar-refractivity contribution < 1.29 is 0 Å². The van der Waals surface area contributed by atoms with E-state index in [1.165, 1.54) is 16.3 Å². The number of rotatable bonds is 2.